The molecule has 1 unspecified atom stereocenters. The van der Waals surface area contributed by atoms with E-state index in [1.54, 1.807) is 24.3 Å². The van der Waals surface area contributed by atoms with Crippen LogP contribution in [0.2, 0.25) is 0 Å². The van der Waals surface area contributed by atoms with E-state index in [-0.39, 0.29) is 11.5 Å². The van der Waals surface area contributed by atoms with Crippen molar-refractivity contribution in [1.29, 1.82) is 5.26 Å². The lowest BCUT2D eigenvalue weighted by molar-refractivity contribution is -0.139. The zero-order valence-electron chi connectivity index (χ0n) is 15.2. The summed E-state index contributed by atoms with van der Waals surface area (Å²) >= 11 is 0. The Kier molecular flexibility index (Phi) is 9.02. The highest BCUT2D eigenvalue weighted by Gasteiger charge is 2.14. The van der Waals surface area contributed by atoms with E-state index in [0.717, 1.165) is 25.7 Å². The van der Waals surface area contributed by atoms with Crippen LogP contribution in [0.4, 0.5) is 5.69 Å². The summed E-state index contributed by atoms with van der Waals surface area (Å²) in [6.45, 7) is 5.98. The number of benzene rings is 1. The van der Waals surface area contributed by atoms with E-state index in [9.17, 15) is 14.9 Å². The van der Waals surface area contributed by atoms with Gasteiger partial charge in [-0.25, -0.2) is 4.79 Å². The van der Waals surface area contributed by atoms with E-state index in [1.165, 1.54) is 13.0 Å². The first-order valence-electron chi connectivity index (χ1n) is 8.66. The number of hydrogen-bond acceptors (Lipinski definition) is 4. The minimum absolute atomic E-state index is 0.0300. The molecule has 0 aliphatic carbocycles. The molecule has 0 saturated carbocycles. The average molecular weight is 342 g/mol. The first-order valence-corrected chi connectivity index (χ1v) is 8.66. The van der Waals surface area contributed by atoms with Crippen LogP contribution >= 0.6 is 0 Å². The Labute approximate surface area is 149 Å². The Balaban J connectivity index is 2.70. The van der Waals surface area contributed by atoms with Gasteiger partial charge in [-0.05, 0) is 36.1 Å². The number of carbonyl (C=O) groups excluding carboxylic acids is 2. The van der Waals surface area contributed by atoms with Crippen molar-refractivity contribution < 1.29 is 14.3 Å². The van der Waals surface area contributed by atoms with Gasteiger partial charge in [0.15, 0.2) is 0 Å². The van der Waals surface area contributed by atoms with Crippen molar-refractivity contribution in [3.05, 3.63) is 35.4 Å². The maximum atomic E-state index is 12.1. The number of carbonyl (C=O) groups is 2. The Bertz CT molecular complexity index is 642. The van der Waals surface area contributed by atoms with Crippen LogP contribution in [0.1, 0.15) is 52.0 Å². The summed E-state index contributed by atoms with van der Waals surface area (Å²) in [5.74, 6) is -0.415. The summed E-state index contributed by atoms with van der Waals surface area (Å²) in [6.07, 6.45) is 5.69. The summed E-state index contributed by atoms with van der Waals surface area (Å²) in [5, 5.41) is 11.9. The fourth-order valence-corrected chi connectivity index (χ4v) is 2.34. The fourth-order valence-electron chi connectivity index (χ4n) is 2.34. The van der Waals surface area contributed by atoms with Crippen LogP contribution in [-0.2, 0) is 14.3 Å². The Morgan fingerprint density at radius 2 is 1.96 bits per heavy atom. The molecule has 1 amide bonds. The van der Waals surface area contributed by atoms with Crippen LogP contribution in [0.3, 0.4) is 0 Å². The predicted octanol–water partition coefficient (Wildman–Crippen LogP) is 4.31. The number of nitrogens with zero attached hydrogens (tertiary/aromatic N) is 1. The second kappa shape index (κ2) is 11.0. The first-order chi connectivity index (χ1) is 12.0. The molecule has 0 spiro atoms. The van der Waals surface area contributed by atoms with Gasteiger partial charge in [-0.3, -0.25) is 4.79 Å². The van der Waals surface area contributed by atoms with Gasteiger partial charge >= 0.3 is 5.97 Å². The van der Waals surface area contributed by atoms with Crippen molar-refractivity contribution in [2.75, 3.05) is 11.9 Å². The van der Waals surface area contributed by atoms with Gasteiger partial charge in [0, 0.05) is 12.6 Å². The number of hydrogen-bond donors (Lipinski definition) is 1. The van der Waals surface area contributed by atoms with E-state index >= 15 is 0 Å². The van der Waals surface area contributed by atoms with E-state index in [1.807, 2.05) is 6.07 Å². The van der Waals surface area contributed by atoms with E-state index in [0.29, 0.717) is 23.8 Å². The highest BCUT2D eigenvalue weighted by atomic mass is 16.5. The van der Waals surface area contributed by atoms with Gasteiger partial charge in [-0.2, -0.15) is 5.26 Å². The minimum atomic E-state index is -0.594. The largest absolute Gasteiger partial charge is 0.461 e. The van der Waals surface area contributed by atoms with Crippen molar-refractivity contribution in [1.82, 2.24) is 0 Å². The predicted molar refractivity (Wildman–Crippen MR) is 98.6 cm³/mol. The third kappa shape index (κ3) is 7.67. The molecule has 0 radical (unpaired) electrons. The number of amides is 1. The summed E-state index contributed by atoms with van der Waals surface area (Å²) in [6, 6.07) is 8.78. The lowest BCUT2D eigenvalue weighted by atomic mass is 10.0. The molecule has 5 nitrogen and oxygen atoms in total. The van der Waals surface area contributed by atoms with Gasteiger partial charge in [-0.1, -0.05) is 45.2 Å². The standard InChI is InChI=1S/C20H26N2O3/c1-4-6-7-16(5-2)14-25-20(24)18(13-21)12-17-8-10-19(11-9-17)22-15(3)23/h8-12,16H,4-7,14H2,1-3H3,(H,22,23)/b18-12+. The Morgan fingerprint density at radius 3 is 2.48 bits per heavy atom. The number of esters is 1. The van der Waals surface area contributed by atoms with Crippen LogP contribution in [-0.4, -0.2) is 18.5 Å². The molecule has 1 aromatic carbocycles. The molecule has 1 N–H and O–H groups in total. The number of rotatable bonds is 9. The second-order valence-electron chi connectivity index (χ2n) is 5.99. The van der Waals surface area contributed by atoms with E-state index in [4.69, 9.17) is 4.74 Å². The molecule has 0 saturated heterocycles. The lowest BCUT2D eigenvalue weighted by Gasteiger charge is -2.14. The van der Waals surface area contributed by atoms with Crippen molar-refractivity contribution in [2.45, 2.75) is 46.5 Å². The highest BCUT2D eigenvalue weighted by molar-refractivity contribution is 5.98. The third-order valence-electron chi connectivity index (χ3n) is 3.88. The van der Waals surface area contributed by atoms with Gasteiger partial charge in [0.25, 0.3) is 0 Å². The van der Waals surface area contributed by atoms with Gasteiger partial charge in [0.2, 0.25) is 5.91 Å². The lowest BCUT2D eigenvalue weighted by Crippen LogP contribution is -2.15. The highest BCUT2D eigenvalue weighted by Crippen LogP contribution is 2.16. The fraction of sp³-hybridized carbons (Fsp3) is 0.450. The molecule has 0 bridgehead atoms. The zero-order chi connectivity index (χ0) is 18.7. The molecular weight excluding hydrogens is 316 g/mol. The molecule has 0 aliphatic rings. The minimum Gasteiger partial charge on any atom is -0.461 e. The van der Waals surface area contributed by atoms with Gasteiger partial charge in [0.05, 0.1) is 6.61 Å². The van der Waals surface area contributed by atoms with Crippen molar-refractivity contribution in [2.24, 2.45) is 5.92 Å². The molecule has 0 fully saturated rings. The van der Waals surface area contributed by atoms with Crippen LogP contribution in [0.5, 0.6) is 0 Å². The number of nitriles is 1. The summed E-state index contributed by atoms with van der Waals surface area (Å²) in [7, 11) is 0. The van der Waals surface area contributed by atoms with Crippen LogP contribution in [0, 0.1) is 17.2 Å². The smallest absolute Gasteiger partial charge is 0.348 e. The second-order valence-corrected chi connectivity index (χ2v) is 5.99. The summed E-state index contributed by atoms with van der Waals surface area (Å²) < 4.78 is 5.31. The molecule has 0 heterocycles. The number of ether oxygens (including phenoxy) is 1. The number of nitrogens with one attached hydrogen (secondary N) is 1. The van der Waals surface area contributed by atoms with Crippen molar-refractivity contribution in [3.63, 3.8) is 0 Å². The number of unbranched alkanes of at least 4 members (excludes halogenated alkanes) is 1. The first kappa shape index (κ1) is 20.4. The van der Waals surface area contributed by atoms with Crippen LogP contribution in [0.15, 0.2) is 29.8 Å². The third-order valence-corrected chi connectivity index (χ3v) is 3.88. The molecular formula is C20H26N2O3. The van der Waals surface area contributed by atoms with Crippen LogP contribution < -0.4 is 5.32 Å². The molecule has 0 aromatic heterocycles. The maximum Gasteiger partial charge on any atom is 0.348 e. The quantitative estimate of drug-likeness (QED) is 0.412. The summed E-state index contributed by atoms with van der Waals surface area (Å²) in [4.78, 5) is 23.1. The maximum absolute atomic E-state index is 12.1. The van der Waals surface area contributed by atoms with Gasteiger partial charge in [0.1, 0.15) is 11.6 Å². The molecule has 134 valence electrons. The molecule has 5 heteroatoms. The zero-order valence-corrected chi connectivity index (χ0v) is 15.2. The molecule has 25 heavy (non-hydrogen) atoms. The average Bonchev–Trinajstić information content (AvgIpc) is 2.60. The van der Waals surface area contributed by atoms with Crippen molar-refractivity contribution >= 4 is 23.6 Å². The Hall–Kier alpha value is -2.61. The van der Waals surface area contributed by atoms with Crippen molar-refractivity contribution in [3.8, 4) is 6.07 Å². The molecule has 0 aliphatic heterocycles. The molecule has 1 aromatic rings. The van der Waals surface area contributed by atoms with E-state index in [2.05, 4.69) is 19.2 Å². The number of anilines is 1. The van der Waals surface area contributed by atoms with Crippen LogP contribution in [0.25, 0.3) is 6.08 Å². The van der Waals surface area contributed by atoms with Gasteiger partial charge < -0.3 is 10.1 Å². The Morgan fingerprint density at radius 1 is 1.28 bits per heavy atom. The summed E-state index contributed by atoms with van der Waals surface area (Å²) in [5.41, 5.74) is 1.32. The topological polar surface area (TPSA) is 79.2 Å². The monoisotopic (exact) mass is 342 g/mol. The van der Waals surface area contributed by atoms with Gasteiger partial charge in [-0.15, -0.1) is 0 Å². The SMILES string of the molecule is CCCCC(CC)COC(=O)/C(C#N)=C/c1ccc(NC(C)=O)cc1. The molecule has 1 atom stereocenters. The van der Waals surface area contributed by atoms with E-state index < -0.39 is 5.97 Å². The molecule has 1 rings (SSSR count). The normalized spacial score (nSPS) is 12.2.